The van der Waals surface area contributed by atoms with E-state index in [2.05, 4.69) is 36.3 Å². The second kappa shape index (κ2) is 6.69. The summed E-state index contributed by atoms with van der Waals surface area (Å²) >= 11 is 0. The molecule has 22 heavy (non-hydrogen) atoms. The Balaban J connectivity index is 1.69. The quantitative estimate of drug-likeness (QED) is 0.932. The van der Waals surface area contributed by atoms with Crippen LogP contribution in [0.15, 0.2) is 24.3 Å². The average Bonchev–Trinajstić information content (AvgIpc) is 2.56. The zero-order valence-corrected chi connectivity index (χ0v) is 13.7. The molecule has 2 aliphatic rings. The fourth-order valence-corrected chi connectivity index (χ4v) is 3.68. The number of nitrogens with zero attached hydrogens (tertiary/aromatic N) is 2. The van der Waals surface area contributed by atoms with Crippen molar-refractivity contribution in [3.63, 3.8) is 0 Å². The molecule has 3 rings (SSSR count). The minimum atomic E-state index is 0.277. The molecule has 1 N–H and O–H groups in total. The SMILES string of the molecule is CC(CC(=O)N1CCN(C)c2ccccc21)C1CCCNC1. The molecule has 2 heterocycles. The molecule has 1 aromatic rings. The first-order chi connectivity index (χ1) is 10.7. The van der Waals surface area contributed by atoms with Crippen molar-refractivity contribution in [3.8, 4) is 0 Å². The Labute approximate surface area is 133 Å². The molecule has 0 aromatic heterocycles. The van der Waals surface area contributed by atoms with E-state index in [9.17, 15) is 4.79 Å². The fourth-order valence-electron chi connectivity index (χ4n) is 3.68. The molecule has 2 atom stereocenters. The Morgan fingerprint density at radius 2 is 2.09 bits per heavy atom. The van der Waals surface area contributed by atoms with E-state index >= 15 is 0 Å². The van der Waals surface area contributed by atoms with Crippen molar-refractivity contribution in [2.24, 2.45) is 11.8 Å². The van der Waals surface area contributed by atoms with E-state index in [-0.39, 0.29) is 5.91 Å². The number of benzene rings is 1. The topological polar surface area (TPSA) is 35.6 Å². The number of piperidine rings is 1. The number of hydrogen-bond donors (Lipinski definition) is 1. The molecule has 2 unspecified atom stereocenters. The number of para-hydroxylation sites is 2. The van der Waals surface area contributed by atoms with Gasteiger partial charge < -0.3 is 15.1 Å². The van der Waals surface area contributed by atoms with Gasteiger partial charge >= 0.3 is 0 Å². The number of rotatable bonds is 3. The van der Waals surface area contributed by atoms with Crippen molar-refractivity contribution in [1.29, 1.82) is 0 Å². The van der Waals surface area contributed by atoms with E-state index in [1.807, 2.05) is 17.0 Å². The Hall–Kier alpha value is -1.55. The maximum atomic E-state index is 12.8. The van der Waals surface area contributed by atoms with Gasteiger partial charge in [0.15, 0.2) is 0 Å². The van der Waals surface area contributed by atoms with Crippen molar-refractivity contribution >= 4 is 17.3 Å². The predicted molar refractivity (Wildman–Crippen MR) is 91.4 cm³/mol. The van der Waals surface area contributed by atoms with Crippen LogP contribution in [0.3, 0.4) is 0 Å². The molecule has 0 aliphatic carbocycles. The lowest BCUT2D eigenvalue weighted by Gasteiger charge is -2.37. The molecule has 0 bridgehead atoms. The number of fused-ring (bicyclic) bond motifs is 1. The highest BCUT2D eigenvalue weighted by atomic mass is 16.2. The number of amides is 1. The second-order valence-corrected chi connectivity index (χ2v) is 6.74. The van der Waals surface area contributed by atoms with Gasteiger partial charge in [0.2, 0.25) is 5.91 Å². The molecular formula is C18H27N3O. The van der Waals surface area contributed by atoms with Crippen LogP contribution in [0.25, 0.3) is 0 Å². The summed E-state index contributed by atoms with van der Waals surface area (Å²) in [5.74, 6) is 1.37. The number of carbonyl (C=O) groups is 1. The van der Waals surface area contributed by atoms with Gasteiger partial charge in [0, 0.05) is 26.6 Å². The first-order valence-corrected chi connectivity index (χ1v) is 8.48. The van der Waals surface area contributed by atoms with Gasteiger partial charge in [-0.2, -0.15) is 0 Å². The first-order valence-electron chi connectivity index (χ1n) is 8.48. The molecule has 1 saturated heterocycles. The predicted octanol–water partition coefficient (Wildman–Crippen LogP) is 2.50. The lowest BCUT2D eigenvalue weighted by molar-refractivity contribution is -0.119. The summed E-state index contributed by atoms with van der Waals surface area (Å²) in [5, 5.41) is 3.46. The van der Waals surface area contributed by atoms with Gasteiger partial charge in [-0.05, 0) is 49.9 Å². The summed E-state index contributed by atoms with van der Waals surface area (Å²) < 4.78 is 0. The molecule has 120 valence electrons. The van der Waals surface area contributed by atoms with Gasteiger partial charge in [-0.25, -0.2) is 0 Å². The van der Waals surface area contributed by atoms with Crippen LogP contribution in [-0.2, 0) is 4.79 Å². The molecule has 2 aliphatic heterocycles. The zero-order valence-electron chi connectivity index (χ0n) is 13.7. The highest BCUT2D eigenvalue weighted by molar-refractivity contribution is 5.97. The van der Waals surface area contributed by atoms with Crippen LogP contribution < -0.4 is 15.1 Å². The molecule has 0 saturated carbocycles. The lowest BCUT2D eigenvalue weighted by Crippen LogP contribution is -2.44. The van der Waals surface area contributed by atoms with Crippen molar-refractivity contribution in [3.05, 3.63) is 24.3 Å². The summed E-state index contributed by atoms with van der Waals surface area (Å²) in [7, 11) is 2.09. The third-order valence-electron chi connectivity index (χ3n) is 5.18. The maximum Gasteiger partial charge on any atom is 0.227 e. The fraction of sp³-hybridized carbons (Fsp3) is 0.611. The van der Waals surface area contributed by atoms with E-state index in [1.54, 1.807) is 0 Å². The normalized spacial score (nSPS) is 23.1. The molecule has 1 aromatic carbocycles. The third-order valence-corrected chi connectivity index (χ3v) is 5.18. The number of hydrogen-bond acceptors (Lipinski definition) is 3. The summed E-state index contributed by atoms with van der Waals surface area (Å²) in [6, 6.07) is 8.23. The van der Waals surface area contributed by atoms with Crippen LogP contribution in [-0.4, -0.2) is 39.1 Å². The number of likely N-dealkylation sites (N-methyl/N-ethyl adjacent to an activating group) is 1. The summed E-state index contributed by atoms with van der Waals surface area (Å²) in [6.07, 6.45) is 3.14. The maximum absolute atomic E-state index is 12.8. The molecule has 4 heteroatoms. The molecular weight excluding hydrogens is 274 g/mol. The monoisotopic (exact) mass is 301 g/mol. The molecule has 0 spiro atoms. The zero-order chi connectivity index (χ0) is 15.5. The first kappa shape index (κ1) is 15.3. The van der Waals surface area contributed by atoms with Crippen LogP contribution >= 0.6 is 0 Å². The van der Waals surface area contributed by atoms with E-state index < -0.39 is 0 Å². The van der Waals surface area contributed by atoms with Crippen LogP contribution in [0.2, 0.25) is 0 Å². The summed E-state index contributed by atoms with van der Waals surface area (Å²) in [5.41, 5.74) is 2.23. The lowest BCUT2D eigenvalue weighted by atomic mass is 9.85. The second-order valence-electron chi connectivity index (χ2n) is 6.74. The Morgan fingerprint density at radius 1 is 1.32 bits per heavy atom. The van der Waals surface area contributed by atoms with Crippen molar-refractivity contribution in [1.82, 2.24) is 5.32 Å². The Kier molecular flexibility index (Phi) is 4.67. The van der Waals surface area contributed by atoms with Crippen LogP contribution in [0.4, 0.5) is 11.4 Å². The van der Waals surface area contributed by atoms with Crippen molar-refractivity contribution < 1.29 is 4.79 Å². The van der Waals surface area contributed by atoms with Crippen molar-refractivity contribution in [2.45, 2.75) is 26.2 Å². The van der Waals surface area contributed by atoms with E-state index in [0.717, 1.165) is 37.6 Å². The van der Waals surface area contributed by atoms with Crippen LogP contribution in [0.1, 0.15) is 26.2 Å². The standard InChI is InChI=1S/C18H27N3O/c1-14(15-6-5-9-19-13-15)12-18(22)21-11-10-20(2)16-7-3-4-8-17(16)21/h3-4,7-8,14-15,19H,5-6,9-13H2,1-2H3. The van der Waals surface area contributed by atoms with Gasteiger partial charge in [0.25, 0.3) is 0 Å². The molecule has 1 amide bonds. The van der Waals surface area contributed by atoms with E-state index in [4.69, 9.17) is 0 Å². The van der Waals surface area contributed by atoms with Crippen molar-refractivity contribution in [2.75, 3.05) is 43.0 Å². The van der Waals surface area contributed by atoms with Gasteiger partial charge in [0.1, 0.15) is 0 Å². The molecule has 4 nitrogen and oxygen atoms in total. The Morgan fingerprint density at radius 3 is 2.82 bits per heavy atom. The van der Waals surface area contributed by atoms with E-state index in [0.29, 0.717) is 18.3 Å². The Bertz CT molecular complexity index is 525. The van der Waals surface area contributed by atoms with Gasteiger partial charge in [-0.3, -0.25) is 4.79 Å². The smallest absolute Gasteiger partial charge is 0.227 e. The molecule has 0 radical (unpaired) electrons. The highest BCUT2D eigenvalue weighted by Gasteiger charge is 2.28. The minimum Gasteiger partial charge on any atom is -0.371 e. The third kappa shape index (κ3) is 3.12. The van der Waals surface area contributed by atoms with Gasteiger partial charge in [-0.15, -0.1) is 0 Å². The highest BCUT2D eigenvalue weighted by Crippen LogP contribution is 2.33. The number of nitrogens with one attached hydrogen (secondary N) is 1. The minimum absolute atomic E-state index is 0.277. The van der Waals surface area contributed by atoms with Crippen LogP contribution in [0.5, 0.6) is 0 Å². The van der Waals surface area contributed by atoms with Gasteiger partial charge in [-0.1, -0.05) is 19.1 Å². The van der Waals surface area contributed by atoms with Gasteiger partial charge in [0.05, 0.1) is 11.4 Å². The average molecular weight is 301 g/mol. The largest absolute Gasteiger partial charge is 0.371 e. The summed E-state index contributed by atoms with van der Waals surface area (Å²) in [6.45, 7) is 6.12. The number of carbonyl (C=O) groups excluding carboxylic acids is 1. The summed E-state index contributed by atoms with van der Waals surface area (Å²) in [4.78, 5) is 17.0. The molecule has 1 fully saturated rings. The van der Waals surface area contributed by atoms with Crippen LogP contribution in [0, 0.1) is 11.8 Å². The number of anilines is 2. The van der Waals surface area contributed by atoms with E-state index in [1.165, 1.54) is 12.8 Å².